The van der Waals surface area contributed by atoms with E-state index in [2.05, 4.69) is 38.0 Å². The highest BCUT2D eigenvalue weighted by Crippen LogP contribution is 2.25. The van der Waals surface area contributed by atoms with Crippen molar-refractivity contribution in [2.75, 3.05) is 10.6 Å². The molecular weight excluding hydrogens is 372 g/mol. The zero-order chi connectivity index (χ0) is 21.7. The fourth-order valence-electron chi connectivity index (χ4n) is 3.02. The predicted octanol–water partition coefficient (Wildman–Crippen LogP) is 6.13. The summed E-state index contributed by atoms with van der Waals surface area (Å²) in [6.07, 6.45) is 1.69. The Morgan fingerprint density at radius 3 is 1.87 bits per heavy atom. The topological polar surface area (TPSA) is 58.2 Å². The molecule has 2 N–H and O–H groups in total. The molecule has 0 aliphatic carbocycles. The van der Waals surface area contributed by atoms with Crippen LogP contribution in [0.1, 0.15) is 52.6 Å². The van der Waals surface area contributed by atoms with Gasteiger partial charge >= 0.3 is 0 Å². The largest absolute Gasteiger partial charge is 0.320 e. The van der Waals surface area contributed by atoms with Gasteiger partial charge in [-0.3, -0.25) is 9.59 Å². The van der Waals surface area contributed by atoms with Crippen molar-refractivity contribution < 1.29 is 9.59 Å². The highest BCUT2D eigenvalue weighted by atomic mass is 16.2. The summed E-state index contributed by atoms with van der Waals surface area (Å²) in [5, 5.41) is 5.77. The number of hydrogen-bond donors (Lipinski definition) is 2. The summed E-state index contributed by atoms with van der Waals surface area (Å²) in [6, 6.07) is 21.9. The number of para-hydroxylation sites is 2. The molecule has 0 aliphatic rings. The number of carbonyl (C=O) groups is 2. The second kappa shape index (κ2) is 8.78. The number of hydrogen-bond acceptors (Lipinski definition) is 2. The number of rotatable bonds is 5. The molecular formula is C26H26N2O2. The Labute approximate surface area is 177 Å². The second-order valence-corrected chi connectivity index (χ2v) is 8.11. The van der Waals surface area contributed by atoms with Crippen LogP contribution in [0.3, 0.4) is 0 Å². The van der Waals surface area contributed by atoms with Gasteiger partial charge in [0.25, 0.3) is 11.8 Å². The summed E-state index contributed by atoms with van der Waals surface area (Å²) in [5.74, 6) is -0.485. The maximum Gasteiger partial charge on any atom is 0.255 e. The second-order valence-electron chi connectivity index (χ2n) is 8.11. The van der Waals surface area contributed by atoms with Gasteiger partial charge in [0.1, 0.15) is 0 Å². The summed E-state index contributed by atoms with van der Waals surface area (Å²) in [7, 11) is 0. The minimum atomic E-state index is -0.255. The molecule has 0 aliphatic heterocycles. The molecule has 0 heterocycles. The lowest BCUT2D eigenvalue weighted by Gasteiger charge is -2.19. The molecule has 4 nitrogen and oxygen atoms in total. The summed E-state index contributed by atoms with van der Waals surface area (Å²) >= 11 is 0. The van der Waals surface area contributed by atoms with Gasteiger partial charge < -0.3 is 10.6 Å². The number of anilines is 2. The molecule has 3 rings (SSSR count). The first kappa shape index (κ1) is 21.1. The van der Waals surface area contributed by atoms with Gasteiger partial charge in [0.05, 0.1) is 11.4 Å². The summed E-state index contributed by atoms with van der Waals surface area (Å²) < 4.78 is 0. The number of carbonyl (C=O) groups excluding carboxylic acids is 2. The van der Waals surface area contributed by atoms with E-state index in [4.69, 9.17) is 0 Å². The van der Waals surface area contributed by atoms with Crippen LogP contribution < -0.4 is 10.6 Å². The van der Waals surface area contributed by atoms with Gasteiger partial charge in [0.2, 0.25) is 0 Å². The van der Waals surface area contributed by atoms with Gasteiger partial charge in [0, 0.05) is 11.1 Å². The Morgan fingerprint density at radius 1 is 0.767 bits per heavy atom. The molecule has 0 spiro atoms. The van der Waals surface area contributed by atoms with Crippen molar-refractivity contribution in [3.63, 3.8) is 0 Å². The Hall–Kier alpha value is -3.66. The monoisotopic (exact) mass is 398 g/mol. The molecule has 0 unspecified atom stereocenters. The molecule has 0 radical (unpaired) electrons. The number of benzene rings is 3. The molecule has 3 aromatic carbocycles. The quantitative estimate of drug-likeness (QED) is 0.543. The smallest absolute Gasteiger partial charge is 0.255 e. The third kappa shape index (κ3) is 5.03. The van der Waals surface area contributed by atoms with Gasteiger partial charge in [-0.05, 0) is 52.9 Å². The van der Waals surface area contributed by atoms with Crippen molar-refractivity contribution in [2.24, 2.45) is 0 Å². The lowest BCUT2D eigenvalue weighted by Crippen LogP contribution is -2.17. The first-order valence-electron chi connectivity index (χ1n) is 9.83. The van der Waals surface area contributed by atoms with Crippen LogP contribution in [-0.4, -0.2) is 11.8 Å². The molecule has 152 valence electrons. The Balaban J connectivity index is 1.77. The number of amides is 2. The SMILES string of the molecule is C=Cc1cccc(C(=O)Nc2ccccc2NC(=O)c2ccc(C(C)(C)C)cc2)c1. The normalized spacial score (nSPS) is 10.9. The van der Waals surface area contributed by atoms with E-state index in [1.807, 2.05) is 42.5 Å². The van der Waals surface area contributed by atoms with Crippen LogP contribution in [0.5, 0.6) is 0 Å². The van der Waals surface area contributed by atoms with E-state index in [1.54, 1.807) is 36.4 Å². The lowest BCUT2D eigenvalue weighted by molar-refractivity contribution is 0.101. The zero-order valence-corrected chi connectivity index (χ0v) is 17.5. The van der Waals surface area contributed by atoms with E-state index >= 15 is 0 Å². The molecule has 0 fully saturated rings. The maximum absolute atomic E-state index is 12.7. The van der Waals surface area contributed by atoms with Gasteiger partial charge in [-0.15, -0.1) is 0 Å². The van der Waals surface area contributed by atoms with Crippen molar-refractivity contribution in [3.05, 3.63) is 102 Å². The van der Waals surface area contributed by atoms with Gasteiger partial charge in [0.15, 0.2) is 0 Å². The average molecular weight is 399 g/mol. The van der Waals surface area contributed by atoms with Crippen LogP contribution in [0, 0.1) is 0 Å². The van der Waals surface area contributed by atoms with E-state index in [9.17, 15) is 9.59 Å². The third-order valence-corrected chi connectivity index (χ3v) is 4.82. The minimum absolute atomic E-state index is 0.0226. The third-order valence-electron chi connectivity index (χ3n) is 4.82. The maximum atomic E-state index is 12.7. The van der Waals surface area contributed by atoms with Crippen LogP contribution >= 0.6 is 0 Å². The van der Waals surface area contributed by atoms with Crippen molar-refractivity contribution in [3.8, 4) is 0 Å². The van der Waals surface area contributed by atoms with Crippen LogP contribution in [0.15, 0.2) is 79.4 Å². The van der Waals surface area contributed by atoms with E-state index in [0.29, 0.717) is 22.5 Å². The molecule has 3 aromatic rings. The van der Waals surface area contributed by atoms with Gasteiger partial charge in [-0.1, -0.05) is 69.8 Å². The first-order chi connectivity index (χ1) is 14.3. The van der Waals surface area contributed by atoms with Crippen molar-refractivity contribution in [2.45, 2.75) is 26.2 Å². The van der Waals surface area contributed by atoms with E-state index in [1.165, 1.54) is 0 Å². The highest BCUT2D eigenvalue weighted by Gasteiger charge is 2.15. The first-order valence-corrected chi connectivity index (χ1v) is 9.83. The van der Waals surface area contributed by atoms with E-state index < -0.39 is 0 Å². The van der Waals surface area contributed by atoms with Crippen molar-refractivity contribution in [1.82, 2.24) is 0 Å². The molecule has 0 saturated heterocycles. The van der Waals surface area contributed by atoms with E-state index in [-0.39, 0.29) is 17.2 Å². The molecule has 30 heavy (non-hydrogen) atoms. The van der Waals surface area contributed by atoms with Gasteiger partial charge in [-0.2, -0.15) is 0 Å². The van der Waals surface area contributed by atoms with Crippen molar-refractivity contribution in [1.29, 1.82) is 0 Å². The zero-order valence-electron chi connectivity index (χ0n) is 17.5. The molecule has 4 heteroatoms. The fourth-order valence-corrected chi connectivity index (χ4v) is 3.02. The predicted molar refractivity (Wildman–Crippen MR) is 124 cm³/mol. The van der Waals surface area contributed by atoms with Crippen LogP contribution in [-0.2, 0) is 5.41 Å². The Bertz CT molecular complexity index is 1080. The molecule has 0 aromatic heterocycles. The highest BCUT2D eigenvalue weighted by molar-refractivity contribution is 6.10. The average Bonchev–Trinajstić information content (AvgIpc) is 2.74. The fraction of sp³-hybridized carbons (Fsp3) is 0.154. The molecule has 0 bridgehead atoms. The van der Waals surface area contributed by atoms with Gasteiger partial charge in [-0.25, -0.2) is 0 Å². The standard InChI is InChI=1S/C26H26N2O2/c1-5-18-9-8-10-20(17-18)25(30)28-23-12-7-6-11-22(23)27-24(29)19-13-15-21(16-14-19)26(2,3)4/h5-17H,1H2,2-4H3,(H,27,29)(H,28,30). The number of nitrogens with one attached hydrogen (secondary N) is 2. The minimum Gasteiger partial charge on any atom is -0.320 e. The van der Waals surface area contributed by atoms with Crippen LogP contribution in [0.4, 0.5) is 11.4 Å². The van der Waals surface area contributed by atoms with E-state index in [0.717, 1.165) is 11.1 Å². The molecule has 0 atom stereocenters. The molecule has 0 saturated carbocycles. The molecule has 2 amide bonds. The van der Waals surface area contributed by atoms with Crippen molar-refractivity contribution >= 4 is 29.3 Å². The Morgan fingerprint density at radius 2 is 1.33 bits per heavy atom. The van der Waals surface area contributed by atoms with Crippen LogP contribution in [0.2, 0.25) is 0 Å². The lowest BCUT2D eigenvalue weighted by atomic mass is 9.87. The summed E-state index contributed by atoms with van der Waals surface area (Å²) in [4.78, 5) is 25.4. The van der Waals surface area contributed by atoms with Crippen LogP contribution in [0.25, 0.3) is 6.08 Å². The Kier molecular flexibility index (Phi) is 6.17. The summed E-state index contributed by atoms with van der Waals surface area (Å²) in [6.45, 7) is 10.1. The summed E-state index contributed by atoms with van der Waals surface area (Å²) in [5.41, 5.74) is 4.20.